The third-order valence-electron chi connectivity index (χ3n) is 4.34. The first-order valence-corrected chi connectivity index (χ1v) is 7.30. The average molecular weight is 266 g/mol. The molecule has 1 N–H and O–H groups in total. The zero-order chi connectivity index (χ0) is 13.9. The van der Waals surface area contributed by atoms with Gasteiger partial charge in [0.1, 0.15) is 0 Å². The monoisotopic (exact) mass is 266 g/mol. The molecule has 4 nitrogen and oxygen atoms in total. The standard InChI is InChI=1S/C15H26N2O2/c1-15(2,19-3)14(18)11-12-9-10-17(16-12)13-7-5-4-6-8-13/h9-10,13-14,18H,4-8,11H2,1-3H3. The lowest BCUT2D eigenvalue weighted by molar-refractivity contribution is -0.0768. The fraction of sp³-hybridized carbons (Fsp3) is 0.800. The summed E-state index contributed by atoms with van der Waals surface area (Å²) in [6, 6.07) is 2.57. The highest BCUT2D eigenvalue weighted by molar-refractivity contribution is 5.03. The van der Waals surface area contributed by atoms with Crippen molar-refractivity contribution in [2.24, 2.45) is 0 Å². The van der Waals surface area contributed by atoms with Crippen LogP contribution in [0.1, 0.15) is 57.7 Å². The fourth-order valence-corrected chi connectivity index (χ4v) is 2.62. The third kappa shape index (κ3) is 3.57. The molecule has 1 fully saturated rings. The van der Waals surface area contributed by atoms with E-state index in [1.807, 2.05) is 19.9 Å². The van der Waals surface area contributed by atoms with Gasteiger partial charge in [-0.2, -0.15) is 5.10 Å². The van der Waals surface area contributed by atoms with Crippen LogP contribution in [0.25, 0.3) is 0 Å². The minimum atomic E-state index is -0.535. The van der Waals surface area contributed by atoms with Crippen molar-refractivity contribution in [1.29, 1.82) is 0 Å². The van der Waals surface area contributed by atoms with Crippen LogP contribution in [0.15, 0.2) is 12.3 Å². The van der Waals surface area contributed by atoms with Crippen LogP contribution in [-0.2, 0) is 11.2 Å². The molecule has 2 rings (SSSR count). The molecule has 1 aromatic rings. The highest BCUT2D eigenvalue weighted by Crippen LogP contribution is 2.27. The number of aliphatic hydroxyl groups is 1. The molecule has 1 atom stereocenters. The van der Waals surface area contributed by atoms with E-state index < -0.39 is 11.7 Å². The summed E-state index contributed by atoms with van der Waals surface area (Å²) < 4.78 is 7.39. The number of hydrogen-bond acceptors (Lipinski definition) is 3. The second-order valence-corrected chi connectivity index (χ2v) is 6.11. The molecule has 108 valence electrons. The Morgan fingerprint density at radius 1 is 1.42 bits per heavy atom. The first-order chi connectivity index (χ1) is 9.03. The minimum absolute atomic E-state index is 0.533. The van der Waals surface area contributed by atoms with E-state index in [4.69, 9.17) is 4.74 Å². The summed E-state index contributed by atoms with van der Waals surface area (Å²) in [6.07, 6.45) is 8.48. The summed E-state index contributed by atoms with van der Waals surface area (Å²) in [5, 5.41) is 14.8. The van der Waals surface area contributed by atoms with Gasteiger partial charge in [0.2, 0.25) is 0 Å². The lowest BCUT2D eigenvalue weighted by Crippen LogP contribution is -2.39. The molecule has 1 unspecified atom stereocenters. The lowest BCUT2D eigenvalue weighted by atomic mass is 9.96. The van der Waals surface area contributed by atoms with E-state index in [0.717, 1.165) is 5.69 Å². The average Bonchev–Trinajstić information content (AvgIpc) is 2.88. The summed E-state index contributed by atoms with van der Waals surface area (Å²) in [6.45, 7) is 3.80. The molecule has 1 aromatic heterocycles. The molecular weight excluding hydrogens is 240 g/mol. The van der Waals surface area contributed by atoms with E-state index in [0.29, 0.717) is 12.5 Å². The number of aromatic nitrogens is 2. The molecule has 1 aliphatic rings. The number of aliphatic hydroxyl groups excluding tert-OH is 1. The molecule has 19 heavy (non-hydrogen) atoms. The van der Waals surface area contributed by atoms with Gasteiger partial charge in [-0.1, -0.05) is 19.3 Å². The number of rotatable bonds is 5. The minimum Gasteiger partial charge on any atom is -0.390 e. The topological polar surface area (TPSA) is 47.3 Å². The summed E-state index contributed by atoms with van der Waals surface area (Å²) in [7, 11) is 1.63. The Hall–Kier alpha value is -0.870. The van der Waals surface area contributed by atoms with Crippen molar-refractivity contribution < 1.29 is 9.84 Å². The van der Waals surface area contributed by atoms with Crippen LogP contribution in [0.3, 0.4) is 0 Å². The second-order valence-electron chi connectivity index (χ2n) is 6.11. The molecule has 0 amide bonds. The van der Waals surface area contributed by atoms with E-state index in [1.54, 1.807) is 7.11 Å². The normalized spacial score (nSPS) is 19.6. The molecule has 0 bridgehead atoms. The van der Waals surface area contributed by atoms with Crippen molar-refractivity contribution in [3.63, 3.8) is 0 Å². The van der Waals surface area contributed by atoms with Crippen LogP contribution in [-0.4, -0.2) is 33.7 Å². The number of nitrogens with zero attached hydrogens (tertiary/aromatic N) is 2. The molecule has 0 spiro atoms. The van der Waals surface area contributed by atoms with E-state index in [1.165, 1.54) is 32.1 Å². The highest BCUT2D eigenvalue weighted by atomic mass is 16.5. The molecule has 0 aromatic carbocycles. The van der Waals surface area contributed by atoms with Gasteiger partial charge >= 0.3 is 0 Å². The van der Waals surface area contributed by atoms with Gasteiger partial charge in [0.15, 0.2) is 0 Å². The van der Waals surface area contributed by atoms with Crippen LogP contribution < -0.4 is 0 Å². The SMILES string of the molecule is COC(C)(C)C(O)Cc1ccn(C2CCCCC2)n1. The lowest BCUT2D eigenvalue weighted by Gasteiger charge is -2.28. The molecular formula is C15H26N2O2. The van der Waals surface area contributed by atoms with Crippen molar-refractivity contribution in [2.45, 2.75) is 70.1 Å². The Morgan fingerprint density at radius 2 is 2.11 bits per heavy atom. The predicted molar refractivity (Wildman–Crippen MR) is 75.1 cm³/mol. The maximum atomic E-state index is 10.2. The summed E-state index contributed by atoms with van der Waals surface area (Å²) in [4.78, 5) is 0. The van der Waals surface area contributed by atoms with Gasteiger partial charge in [0.25, 0.3) is 0 Å². The molecule has 4 heteroatoms. The zero-order valence-electron chi connectivity index (χ0n) is 12.3. The Kier molecular flexibility index (Phi) is 4.63. The molecule has 0 aliphatic heterocycles. The van der Waals surface area contributed by atoms with Crippen molar-refractivity contribution >= 4 is 0 Å². The van der Waals surface area contributed by atoms with Gasteiger partial charge in [-0.3, -0.25) is 4.68 Å². The van der Waals surface area contributed by atoms with Crippen molar-refractivity contribution in [3.05, 3.63) is 18.0 Å². The highest BCUT2D eigenvalue weighted by Gasteiger charge is 2.28. The molecule has 1 heterocycles. The Balaban J connectivity index is 1.97. The Morgan fingerprint density at radius 3 is 2.74 bits per heavy atom. The maximum absolute atomic E-state index is 10.2. The first kappa shape index (κ1) is 14.5. The summed E-state index contributed by atoms with van der Waals surface area (Å²) in [5.74, 6) is 0. The summed E-state index contributed by atoms with van der Waals surface area (Å²) >= 11 is 0. The molecule has 1 saturated carbocycles. The molecule has 0 radical (unpaired) electrons. The van der Waals surface area contributed by atoms with Crippen molar-refractivity contribution in [1.82, 2.24) is 9.78 Å². The van der Waals surface area contributed by atoms with E-state index in [9.17, 15) is 5.11 Å². The predicted octanol–water partition coefficient (Wildman–Crippen LogP) is 2.72. The van der Waals surface area contributed by atoms with Crippen LogP contribution in [0.2, 0.25) is 0 Å². The smallest absolute Gasteiger partial charge is 0.0884 e. The maximum Gasteiger partial charge on any atom is 0.0884 e. The fourth-order valence-electron chi connectivity index (χ4n) is 2.62. The molecule has 1 aliphatic carbocycles. The Labute approximate surface area is 115 Å². The Bertz CT molecular complexity index is 395. The third-order valence-corrected chi connectivity index (χ3v) is 4.34. The van der Waals surface area contributed by atoms with Crippen LogP contribution in [0.4, 0.5) is 0 Å². The zero-order valence-corrected chi connectivity index (χ0v) is 12.3. The number of methoxy groups -OCH3 is 1. The quantitative estimate of drug-likeness (QED) is 0.891. The van der Waals surface area contributed by atoms with Crippen LogP contribution >= 0.6 is 0 Å². The van der Waals surface area contributed by atoms with Gasteiger partial charge in [0.05, 0.1) is 23.4 Å². The first-order valence-electron chi connectivity index (χ1n) is 7.30. The van der Waals surface area contributed by atoms with Crippen molar-refractivity contribution in [2.75, 3.05) is 7.11 Å². The second kappa shape index (κ2) is 6.06. The van der Waals surface area contributed by atoms with Gasteiger partial charge in [0, 0.05) is 19.7 Å². The van der Waals surface area contributed by atoms with Gasteiger partial charge in [-0.15, -0.1) is 0 Å². The van der Waals surface area contributed by atoms with Gasteiger partial charge in [-0.05, 0) is 32.8 Å². The van der Waals surface area contributed by atoms with Gasteiger partial charge in [-0.25, -0.2) is 0 Å². The van der Waals surface area contributed by atoms with E-state index in [-0.39, 0.29) is 0 Å². The van der Waals surface area contributed by atoms with Gasteiger partial charge < -0.3 is 9.84 Å². The largest absolute Gasteiger partial charge is 0.390 e. The summed E-state index contributed by atoms with van der Waals surface area (Å²) in [5.41, 5.74) is 0.414. The van der Waals surface area contributed by atoms with Crippen LogP contribution in [0, 0.1) is 0 Å². The van der Waals surface area contributed by atoms with Crippen LogP contribution in [0.5, 0.6) is 0 Å². The number of ether oxygens (including phenoxy) is 1. The molecule has 0 saturated heterocycles. The number of hydrogen-bond donors (Lipinski definition) is 1. The van der Waals surface area contributed by atoms with E-state index in [2.05, 4.69) is 16.0 Å². The van der Waals surface area contributed by atoms with E-state index >= 15 is 0 Å². The van der Waals surface area contributed by atoms with Crippen molar-refractivity contribution in [3.8, 4) is 0 Å².